The monoisotopic (exact) mass is 384 g/mol. The van der Waals surface area contributed by atoms with Crippen LogP contribution < -0.4 is 5.56 Å². The summed E-state index contributed by atoms with van der Waals surface area (Å²) in [5, 5.41) is 4.50. The summed E-state index contributed by atoms with van der Waals surface area (Å²) in [5.74, 6) is 0.00544. The second kappa shape index (κ2) is 7.08. The highest BCUT2D eigenvalue weighted by molar-refractivity contribution is 6.30. The molecule has 0 radical (unpaired) electrons. The summed E-state index contributed by atoms with van der Waals surface area (Å²) in [4.78, 5) is 28.6. The van der Waals surface area contributed by atoms with Gasteiger partial charge in [0.25, 0.3) is 5.56 Å². The summed E-state index contributed by atoms with van der Waals surface area (Å²) in [6.45, 7) is 0.258. The van der Waals surface area contributed by atoms with Gasteiger partial charge < -0.3 is 9.15 Å². The topological polar surface area (TPSA) is 91.6 Å². The highest BCUT2D eigenvalue weighted by Gasteiger charge is 2.14. The first kappa shape index (κ1) is 17.0. The van der Waals surface area contributed by atoms with Crippen LogP contribution in [0.15, 0.2) is 64.2 Å². The molecule has 0 atom stereocenters. The SMILES string of the molecule is O=C(OCc1cc(=O)n2cc(Cl)ccc2n1)c1ccc(Cn2cccn2)o1. The number of fused-ring (bicyclic) bond motifs is 1. The maximum atomic E-state index is 12.2. The molecule has 0 aliphatic carbocycles. The standard InChI is InChI=1S/C18H13ClN4O4/c19-12-2-5-16-21-13(8-17(24)23(16)9-12)11-26-18(25)15-4-3-14(27-15)10-22-7-1-6-20-22/h1-9H,10-11H2. The number of pyridine rings is 1. The van der Waals surface area contributed by atoms with Gasteiger partial charge in [-0.25, -0.2) is 9.78 Å². The number of carbonyl (C=O) groups is 1. The van der Waals surface area contributed by atoms with E-state index in [0.717, 1.165) is 0 Å². The van der Waals surface area contributed by atoms with Crippen molar-refractivity contribution < 1.29 is 13.9 Å². The number of halogens is 1. The Bertz CT molecular complexity index is 1160. The minimum Gasteiger partial charge on any atom is -0.453 e. The van der Waals surface area contributed by atoms with Gasteiger partial charge in [-0.15, -0.1) is 0 Å². The van der Waals surface area contributed by atoms with E-state index in [1.807, 2.05) is 0 Å². The minimum absolute atomic E-state index is 0.0708. The fraction of sp³-hybridized carbons (Fsp3) is 0.111. The van der Waals surface area contributed by atoms with E-state index < -0.39 is 5.97 Å². The summed E-state index contributed by atoms with van der Waals surface area (Å²) in [7, 11) is 0. The molecule has 4 aromatic rings. The Kier molecular flexibility index (Phi) is 4.47. The Morgan fingerprint density at radius 1 is 1.26 bits per heavy atom. The number of hydrogen-bond donors (Lipinski definition) is 0. The van der Waals surface area contributed by atoms with Crippen LogP contribution >= 0.6 is 11.6 Å². The van der Waals surface area contributed by atoms with Gasteiger partial charge in [-0.05, 0) is 30.3 Å². The van der Waals surface area contributed by atoms with Crippen LogP contribution in [-0.2, 0) is 17.9 Å². The van der Waals surface area contributed by atoms with E-state index in [0.29, 0.717) is 28.7 Å². The van der Waals surface area contributed by atoms with Crippen molar-refractivity contribution >= 4 is 23.2 Å². The van der Waals surface area contributed by atoms with Crippen molar-refractivity contribution in [3.8, 4) is 0 Å². The molecule has 0 saturated heterocycles. The van der Waals surface area contributed by atoms with Gasteiger partial charge in [0.2, 0.25) is 5.76 Å². The summed E-state index contributed by atoms with van der Waals surface area (Å²) < 4.78 is 13.7. The maximum absolute atomic E-state index is 12.2. The normalized spacial score (nSPS) is 11.0. The first-order chi connectivity index (χ1) is 13.1. The molecule has 0 bridgehead atoms. The summed E-state index contributed by atoms with van der Waals surface area (Å²) >= 11 is 5.87. The lowest BCUT2D eigenvalue weighted by Gasteiger charge is -2.05. The highest BCUT2D eigenvalue weighted by Crippen LogP contribution is 2.12. The van der Waals surface area contributed by atoms with Gasteiger partial charge in [0.05, 0.1) is 17.3 Å². The molecule has 0 aromatic carbocycles. The van der Waals surface area contributed by atoms with Crippen LogP contribution in [0, 0.1) is 0 Å². The van der Waals surface area contributed by atoms with Crippen LogP contribution in [0.3, 0.4) is 0 Å². The average Bonchev–Trinajstić information content (AvgIpc) is 3.33. The third-order valence-corrected chi connectivity index (χ3v) is 3.99. The van der Waals surface area contributed by atoms with Crippen LogP contribution in [0.1, 0.15) is 22.0 Å². The van der Waals surface area contributed by atoms with Gasteiger partial charge in [0, 0.05) is 24.7 Å². The zero-order valence-electron chi connectivity index (χ0n) is 13.9. The van der Waals surface area contributed by atoms with Crippen molar-refractivity contribution in [2.45, 2.75) is 13.2 Å². The predicted octanol–water partition coefficient (Wildman–Crippen LogP) is 2.54. The second-order valence-electron chi connectivity index (χ2n) is 5.71. The number of esters is 1. The molecule has 4 rings (SSSR count). The molecule has 0 amide bonds. The number of ether oxygens (including phenoxy) is 1. The molecule has 0 spiro atoms. The molecule has 0 N–H and O–H groups in total. The number of hydrogen-bond acceptors (Lipinski definition) is 6. The van der Waals surface area contributed by atoms with Gasteiger partial charge in [-0.2, -0.15) is 5.10 Å². The van der Waals surface area contributed by atoms with E-state index in [2.05, 4.69) is 10.1 Å². The molecule has 0 aliphatic heterocycles. The van der Waals surface area contributed by atoms with E-state index in [9.17, 15) is 9.59 Å². The number of furan rings is 1. The van der Waals surface area contributed by atoms with Gasteiger partial charge in [-0.3, -0.25) is 13.9 Å². The van der Waals surface area contributed by atoms with Crippen molar-refractivity contribution in [3.05, 3.63) is 87.6 Å². The average molecular weight is 385 g/mol. The van der Waals surface area contributed by atoms with Crippen LogP contribution in [0.25, 0.3) is 5.65 Å². The molecule has 8 nitrogen and oxygen atoms in total. The van der Waals surface area contributed by atoms with Crippen LogP contribution in [-0.4, -0.2) is 25.1 Å². The number of aromatic nitrogens is 4. The van der Waals surface area contributed by atoms with Gasteiger partial charge in [0.1, 0.15) is 18.0 Å². The van der Waals surface area contributed by atoms with Crippen molar-refractivity contribution in [2.75, 3.05) is 0 Å². The second-order valence-corrected chi connectivity index (χ2v) is 6.14. The minimum atomic E-state index is -0.639. The Labute approximate surface area is 157 Å². The summed E-state index contributed by atoms with van der Waals surface area (Å²) in [5.41, 5.74) is 0.435. The summed E-state index contributed by atoms with van der Waals surface area (Å²) in [6.07, 6.45) is 4.93. The fourth-order valence-corrected chi connectivity index (χ4v) is 2.70. The molecular formula is C18H13ClN4O4. The Balaban J connectivity index is 1.45. The maximum Gasteiger partial charge on any atom is 0.374 e. The fourth-order valence-electron chi connectivity index (χ4n) is 2.54. The van der Waals surface area contributed by atoms with Crippen molar-refractivity contribution in [1.82, 2.24) is 19.2 Å². The molecule has 9 heteroatoms. The number of rotatable bonds is 5. The van der Waals surface area contributed by atoms with Crippen LogP contribution in [0.5, 0.6) is 0 Å². The molecule has 4 aromatic heterocycles. The first-order valence-corrected chi connectivity index (χ1v) is 8.37. The first-order valence-electron chi connectivity index (χ1n) is 7.99. The molecule has 0 aliphatic rings. The zero-order chi connectivity index (χ0) is 18.8. The van der Waals surface area contributed by atoms with E-state index in [1.165, 1.54) is 22.7 Å². The predicted molar refractivity (Wildman–Crippen MR) is 95.6 cm³/mol. The van der Waals surface area contributed by atoms with Gasteiger partial charge >= 0.3 is 5.97 Å². The van der Waals surface area contributed by atoms with Crippen molar-refractivity contribution in [2.24, 2.45) is 0 Å². The lowest BCUT2D eigenvalue weighted by atomic mass is 10.4. The van der Waals surface area contributed by atoms with Gasteiger partial charge in [0.15, 0.2) is 0 Å². The quantitative estimate of drug-likeness (QED) is 0.491. The lowest BCUT2D eigenvalue weighted by Crippen LogP contribution is -2.16. The van der Waals surface area contributed by atoms with E-state index in [1.54, 1.807) is 41.3 Å². The molecular weight excluding hydrogens is 372 g/mol. The molecule has 0 fully saturated rings. The van der Waals surface area contributed by atoms with Gasteiger partial charge in [-0.1, -0.05) is 11.6 Å². The molecule has 136 valence electrons. The third-order valence-electron chi connectivity index (χ3n) is 3.77. The van der Waals surface area contributed by atoms with Crippen molar-refractivity contribution in [3.63, 3.8) is 0 Å². The van der Waals surface area contributed by atoms with E-state index in [-0.39, 0.29) is 17.9 Å². The largest absolute Gasteiger partial charge is 0.453 e. The molecule has 0 saturated carbocycles. The molecule has 4 heterocycles. The third kappa shape index (κ3) is 3.75. The van der Waals surface area contributed by atoms with Crippen molar-refractivity contribution in [1.29, 1.82) is 0 Å². The lowest BCUT2D eigenvalue weighted by molar-refractivity contribution is 0.0429. The highest BCUT2D eigenvalue weighted by atomic mass is 35.5. The van der Waals surface area contributed by atoms with Crippen LogP contribution in [0.2, 0.25) is 5.02 Å². The van der Waals surface area contributed by atoms with E-state index >= 15 is 0 Å². The summed E-state index contributed by atoms with van der Waals surface area (Å²) in [6, 6.07) is 9.55. The smallest absolute Gasteiger partial charge is 0.374 e. The van der Waals surface area contributed by atoms with Crippen LogP contribution in [0.4, 0.5) is 0 Å². The Hall–Kier alpha value is -3.39. The number of carbonyl (C=O) groups excluding carboxylic acids is 1. The van der Waals surface area contributed by atoms with E-state index in [4.69, 9.17) is 20.8 Å². The zero-order valence-corrected chi connectivity index (χ0v) is 14.7. The number of nitrogens with zero attached hydrogens (tertiary/aromatic N) is 4. The Morgan fingerprint density at radius 3 is 2.96 bits per heavy atom. The molecule has 27 heavy (non-hydrogen) atoms. The molecule has 0 unspecified atom stereocenters. The Morgan fingerprint density at radius 2 is 2.15 bits per heavy atom.